The molecule has 1 aromatic rings. The van der Waals surface area contributed by atoms with Crippen LogP contribution in [-0.4, -0.2) is 36.7 Å². The van der Waals surface area contributed by atoms with Gasteiger partial charge in [-0.15, -0.1) is 0 Å². The van der Waals surface area contributed by atoms with E-state index in [2.05, 4.69) is 24.8 Å². The van der Waals surface area contributed by atoms with Gasteiger partial charge in [-0.25, -0.2) is 0 Å². The topological polar surface area (TPSA) is 47.7 Å². The van der Waals surface area contributed by atoms with Crippen molar-refractivity contribution in [3.05, 3.63) is 23.8 Å². The summed E-state index contributed by atoms with van der Waals surface area (Å²) >= 11 is 0. The average molecular weight is 290 g/mol. The fourth-order valence-corrected chi connectivity index (χ4v) is 3.46. The summed E-state index contributed by atoms with van der Waals surface area (Å²) in [7, 11) is 0. The Hall–Kier alpha value is -1.26. The molecular weight excluding hydrogens is 264 g/mol. The molecule has 1 unspecified atom stereocenters. The van der Waals surface area contributed by atoms with E-state index >= 15 is 0 Å². The first kappa shape index (κ1) is 14.7. The normalized spacial score (nSPS) is 27.4. The van der Waals surface area contributed by atoms with Crippen molar-refractivity contribution in [2.24, 2.45) is 5.73 Å². The first-order valence-electron chi connectivity index (χ1n) is 8.06. The summed E-state index contributed by atoms with van der Waals surface area (Å²) in [5.74, 6) is 1.66. The first-order valence-corrected chi connectivity index (χ1v) is 8.06. The van der Waals surface area contributed by atoms with Gasteiger partial charge in [-0.1, -0.05) is 12.5 Å². The zero-order valence-electron chi connectivity index (χ0n) is 13.0. The van der Waals surface area contributed by atoms with E-state index in [0.717, 1.165) is 23.6 Å². The fraction of sp³-hybridized carbons (Fsp3) is 0.647. The van der Waals surface area contributed by atoms with Crippen molar-refractivity contribution < 1.29 is 9.47 Å². The van der Waals surface area contributed by atoms with Gasteiger partial charge in [0.25, 0.3) is 0 Å². The van der Waals surface area contributed by atoms with Gasteiger partial charge in [0.15, 0.2) is 11.5 Å². The van der Waals surface area contributed by atoms with Crippen LogP contribution in [0.4, 0.5) is 0 Å². The fourth-order valence-electron chi connectivity index (χ4n) is 3.46. The molecule has 0 aliphatic carbocycles. The maximum atomic E-state index is 6.45. The summed E-state index contributed by atoms with van der Waals surface area (Å²) in [6.45, 7) is 6.77. The third-order valence-corrected chi connectivity index (χ3v) is 4.78. The van der Waals surface area contributed by atoms with E-state index in [0.29, 0.717) is 25.3 Å². The van der Waals surface area contributed by atoms with Crippen LogP contribution in [0.5, 0.6) is 11.5 Å². The van der Waals surface area contributed by atoms with E-state index in [1.54, 1.807) is 0 Å². The highest BCUT2D eigenvalue weighted by Gasteiger charge is 2.26. The number of nitrogens with zero attached hydrogens (tertiary/aromatic N) is 1. The number of nitrogens with two attached hydrogens (primary N) is 1. The third kappa shape index (κ3) is 3.16. The SMILES string of the molecule is C[C@@H]1CCC[C@H](C)N1CC(N)c1ccc2c(c1)OCCO2. The van der Waals surface area contributed by atoms with Crippen molar-refractivity contribution in [3.63, 3.8) is 0 Å². The molecule has 0 bridgehead atoms. The molecule has 2 aliphatic heterocycles. The number of hydrogen-bond donors (Lipinski definition) is 1. The van der Waals surface area contributed by atoms with Crippen molar-refractivity contribution in [1.82, 2.24) is 4.90 Å². The number of fused-ring (bicyclic) bond motifs is 1. The van der Waals surface area contributed by atoms with Crippen molar-refractivity contribution in [3.8, 4) is 11.5 Å². The molecule has 3 rings (SSSR count). The summed E-state index contributed by atoms with van der Waals surface area (Å²) in [6, 6.07) is 7.35. The maximum Gasteiger partial charge on any atom is 0.161 e. The van der Waals surface area contributed by atoms with Crippen LogP contribution in [0.2, 0.25) is 0 Å². The van der Waals surface area contributed by atoms with Gasteiger partial charge in [0.05, 0.1) is 0 Å². The van der Waals surface area contributed by atoms with Crippen molar-refractivity contribution in [2.45, 2.75) is 51.2 Å². The minimum atomic E-state index is 0.0174. The molecule has 21 heavy (non-hydrogen) atoms. The number of ether oxygens (including phenoxy) is 2. The average Bonchev–Trinajstić information content (AvgIpc) is 2.50. The van der Waals surface area contributed by atoms with Gasteiger partial charge in [0.1, 0.15) is 13.2 Å². The van der Waals surface area contributed by atoms with E-state index in [1.165, 1.54) is 19.3 Å². The second kappa shape index (κ2) is 6.24. The second-order valence-corrected chi connectivity index (χ2v) is 6.34. The van der Waals surface area contributed by atoms with E-state index in [9.17, 15) is 0 Å². The lowest BCUT2D eigenvalue weighted by Crippen LogP contribution is -2.46. The van der Waals surface area contributed by atoms with Crippen LogP contribution in [0, 0.1) is 0 Å². The summed E-state index contributed by atoms with van der Waals surface area (Å²) in [6.07, 6.45) is 3.88. The van der Waals surface area contributed by atoms with Crippen LogP contribution in [-0.2, 0) is 0 Å². The van der Waals surface area contributed by atoms with Gasteiger partial charge in [-0.2, -0.15) is 0 Å². The van der Waals surface area contributed by atoms with Gasteiger partial charge >= 0.3 is 0 Å². The second-order valence-electron chi connectivity index (χ2n) is 6.34. The molecule has 1 aromatic carbocycles. The molecule has 4 heteroatoms. The van der Waals surface area contributed by atoms with E-state index in [4.69, 9.17) is 15.2 Å². The van der Waals surface area contributed by atoms with Crippen molar-refractivity contribution in [2.75, 3.05) is 19.8 Å². The van der Waals surface area contributed by atoms with Gasteiger partial charge in [-0.05, 0) is 44.4 Å². The van der Waals surface area contributed by atoms with E-state index < -0.39 is 0 Å². The Morgan fingerprint density at radius 3 is 2.52 bits per heavy atom. The number of benzene rings is 1. The largest absolute Gasteiger partial charge is 0.486 e. The monoisotopic (exact) mass is 290 g/mol. The molecular formula is C17H26N2O2. The summed E-state index contributed by atoms with van der Waals surface area (Å²) in [4.78, 5) is 2.55. The molecule has 3 atom stereocenters. The molecule has 0 spiro atoms. The Labute approximate surface area is 127 Å². The molecule has 2 aliphatic rings. The van der Waals surface area contributed by atoms with Gasteiger partial charge in [0.2, 0.25) is 0 Å². The molecule has 1 saturated heterocycles. The molecule has 0 saturated carbocycles. The zero-order valence-corrected chi connectivity index (χ0v) is 13.0. The Morgan fingerprint density at radius 1 is 1.14 bits per heavy atom. The Balaban J connectivity index is 1.71. The highest BCUT2D eigenvalue weighted by atomic mass is 16.6. The van der Waals surface area contributed by atoms with Gasteiger partial charge in [0, 0.05) is 24.7 Å². The van der Waals surface area contributed by atoms with Gasteiger partial charge < -0.3 is 15.2 Å². The van der Waals surface area contributed by atoms with Crippen molar-refractivity contribution >= 4 is 0 Å². The lowest BCUT2D eigenvalue weighted by atomic mass is 9.95. The highest BCUT2D eigenvalue weighted by Crippen LogP contribution is 2.33. The van der Waals surface area contributed by atoms with E-state index in [1.807, 2.05) is 12.1 Å². The predicted octanol–water partition coefficient (Wildman–Crippen LogP) is 2.72. The smallest absolute Gasteiger partial charge is 0.161 e. The van der Waals surface area contributed by atoms with Gasteiger partial charge in [-0.3, -0.25) is 4.90 Å². The Kier molecular flexibility index (Phi) is 4.36. The quantitative estimate of drug-likeness (QED) is 0.930. The molecule has 0 amide bonds. The number of piperidine rings is 1. The Bertz CT molecular complexity index is 482. The number of hydrogen-bond acceptors (Lipinski definition) is 4. The summed E-state index contributed by atoms with van der Waals surface area (Å²) in [5.41, 5.74) is 7.57. The van der Waals surface area contributed by atoms with Crippen LogP contribution in [0.1, 0.15) is 44.7 Å². The lowest BCUT2D eigenvalue weighted by molar-refractivity contribution is 0.0960. The highest BCUT2D eigenvalue weighted by molar-refractivity contribution is 5.44. The standard InChI is InChI=1S/C17H26N2O2/c1-12-4-3-5-13(2)19(12)11-15(18)14-6-7-16-17(10-14)21-9-8-20-16/h6-7,10,12-13,15H,3-5,8-9,11,18H2,1-2H3/t12-,13+,15?. The molecule has 116 valence electrons. The predicted molar refractivity (Wildman–Crippen MR) is 83.8 cm³/mol. The third-order valence-electron chi connectivity index (χ3n) is 4.78. The minimum absolute atomic E-state index is 0.0174. The molecule has 1 fully saturated rings. The Morgan fingerprint density at radius 2 is 1.81 bits per heavy atom. The maximum absolute atomic E-state index is 6.45. The molecule has 0 radical (unpaired) electrons. The van der Waals surface area contributed by atoms with Crippen LogP contribution < -0.4 is 15.2 Å². The number of likely N-dealkylation sites (tertiary alicyclic amines) is 1. The van der Waals surface area contributed by atoms with Crippen LogP contribution in [0.3, 0.4) is 0 Å². The summed E-state index contributed by atoms with van der Waals surface area (Å²) in [5, 5.41) is 0. The van der Waals surface area contributed by atoms with Crippen LogP contribution in [0.15, 0.2) is 18.2 Å². The lowest BCUT2D eigenvalue weighted by Gasteiger charge is -2.40. The van der Waals surface area contributed by atoms with Crippen molar-refractivity contribution in [1.29, 1.82) is 0 Å². The molecule has 2 heterocycles. The molecule has 2 N–H and O–H groups in total. The molecule has 0 aromatic heterocycles. The zero-order chi connectivity index (χ0) is 14.8. The summed E-state index contributed by atoms with van der Waals surface area (Å²) < 4.78 is 11.2. The van der Waals surface area contributed by atoms with Crippen LogP contribution >= 0.6 is 0 Å². The first-order chi connectivity index (χ1) is 10.1. The van der Waals surface area contributed by atoms with E-state index in [-0.39, 0.29) is 6.04 Å². The minimum Gasteiger partial charge on any atom is -0.486 e. The van der Waals surface area contributed by atoms with Crippen LogP contribution in [0.25, 0.3) is 0 Å². The number of rotatable bonds is 3. The molecule has 4 nitrogen and oxygen atoms in total.